The number of nitrogen functional groups attached to an aromatic ring is 1. The largest absolute Gasteiger partial charge is 0.396 e. The summed E-state index contributed by atoms with van der Waals surface area (Å²) >= 11 is 14.5. The van der Waals surface area contributed by atoms with Gasteiger partial charge >= 0.3 is 0 Å². The summed E-state index contributed by atoms with van der Waals surface area (Å²) in [7, 11) is 0. The molecule has 0 saturated carbocycles. The number of aromatic nitrogens is 2. The quantitative estimate of drug-likeness (QED) is 0.716. The second-order valence-electron chi connectivity index (χ2n) is 3.56. The van der Waals surface area contributed by atoms with Gasteiger partial charge in [0.15, 0.2) is 5.15 Å². The zero-order valence-electron chi connectivity index (χ0n) is 9.92. The Bertz CT molecular complexity index is 457. The number of hydrogen-bond donors (Lipinski definition) is 1. The van der Waals surface area contributed by atoms with E-state index in [1.54, 1.807) is 12.4 Å². The molecule has 0 amide bonds. The monoisotopic (exact) mass is 347 g/mol. The number of rotatable bonds is 0. The molecule has 0 unspecified atom stereocenters. The fraction of sp³-hybridized carbons (Fsp3) is 0.167. The summed E-state index contributed by atoms with van der Waals surface area (Å²) in [6.07, 6.45) is 3.32. The van der Waals surface area contributed by atoms with Crippen LogP contribution in [0.1, 0.15) is 11.1 Å². The Kier molecular flexibility index (Phi) is 5.85. The Morgan fingerprint density at radius 2 is 1.50 bits per heavy atom. The normalized spacial score (nSPS) is 9.61. The van der Waals surface area contributed by atoms with Crippen LogP contribution >= 0.6 is 39.1 Å². The van der Waals surface area contributed by atoms with Crippen molar-refractivity contribution in [3.8, 4) is 0 Å². The van der Waals surface area contributed by atoms with E-state index in [4.69, 9.17) is 28.9 Å². The average Bonchev–Trinajstić information content (AvgIpc) is 2.34. The van der Waals surface area contributed by atoms with Crippen LogP contribution in [0.15, 0.2) is 29.0 Å². The molecular formula is C12H12BrCl2N3. The molecule has 2 rings (SSSR count). The lowest BCUT2D eigenvalue weighted by Gasteiger charge is -1.97. The van der Waals surface area contributed by atoms with Crippen LogP contribution in [0.5, 0.6) is 0 Å². The van der Waals surface area contributed by atoms with Gasteiger partial charge in [-0.1, -0.05) is 23.2 Å². The Labute approximate surface area is 124 Å². The van der Waals surface area contributed by atoms with Crippen molar-refractivity contribution in [2.45, 2.75) is 13.8 Å². The van der Waals surface area contributed by atoms with Gasteiger partial charge in [-0.3, -0.25) is 0 Å². The molecular weight excluding hydrogens is 337 g/mol. The summed E-state index contributed by atoms with van der Waals surface area (Å²) in [6.45, 7) is 3.86. The van der Waals surface area contributed by atoms with Crippen LogP contribution in [0.3, 0.4) is 0 Å². The van der Waals surface area contributed by atoms with Crippen molar-refractivity contribution < 1.29 is 0 Å². The van der Waals surface area contributed by atoms with Gasteiger partial charge in [-0.05, 0) is 53.0 Å². The van der Waals surface area contributed by atoms with Gasteiger partial charge in [-0.25, -0.2) is 9.97 Å². The van der Waals surface area contributed by atoms with Crippen LogP contribution in [0.2, 0.25) is 10.3 Å². The Balaban J connectivity index is 0.000000180. The average molecular weight is 349 g/mol. The first-order chi connectivity index (χ1) is 8.43. The van der Waals surface area contributed by atoms with Crippen LogP contribution in [0.4, 0.5) is 5.69 Å². The fourth-order valence-corrected chi connectivity index (χ4v) is 1.69. The minimum atomic E-state index is 0.384. The first-order valence-electron chi connectivity index (χ1n) is 5.06. The van der Waals surface area contributed by atoms with E-state index in [2.05, 4.69) is 25.9 Å². The smallest absolute Gasteiger partial charge is 0.152 e. The van der Waals surface area contributed by atoms with Gasteiger partial charge in [0.2, 0.25) is 0 Å². The number of pyridine rings is 2. The van der Waals surface area contributed by atoms with Gasteiger partial charge in [0.05, 0.1) is 10.2 Å². The van der Waals surface area contributed by atoms with Gasteiger partial charge in [0.25, 0.3) is 0 Å². The lowest BCUT2D eigenvalue weighted by atomic mass is 10.3. The Morgan fingerprint density at radius 1 is 1.00 bits per heavy atom. The lowest BCUT2D eigenvalue weighted by molar-refractivity contribution is 1.26. The van der Waals surface area contributed by atoms with Crippen molar-refractivity contribution in [2.24, 2.45) is 0 Å². The standard InChI is InChI=1S/C6H5BrClN.C6H7ClN2/c1-4-2-3-9-6(8)5(4)7;1-4-2-3-9-6(7)5(4)8/h2-3H,1H3;2-3H,8H2,1H3. The molecule has 0 fully saturated rings. The van der Waals surface area contributed by atoms with Crippen molar-refractivity contribution in [3.05, 3.63) is 50.4 Å². The molecule has 0 radical (unpaired) electrons. The molecule has 0 aliphatic heterocycles. The Hall–Kier alpha value is -0.840. The summed E-state index contributed by atoms with van der Waals surface area (Å²) < 4.78 is 0.881. The molecule has 96 valence electrons. The highest BCUT2D eigenvalue weighted by atomic mass is 79.9. The first kappa shape index (κ1) is 15.2. The SMILES string of the molecule is Cc1ccnc(Cl)c1Br.Cc1ccnc(Cl)c1N. The molecule has 2 aromatic rings. The highest BCUT2D eigenvalue weighted by molar-refractivity contribution is 9.10. The van der Waals surface area contributed by atoms with E-state index < -0.39 is 0 Å². The van der Waals surface area contributed by atoms with E-state index in [1.165, 1.54) is 0 Å². The van der Waals surface area contributed by atoms with Crippen LogP contribution in [0, 0.1) is 13.8 Å². The molecule has 0 spiro atoms. The molecule has 0 atom stereocenters. The number of nitrogens with zero attached hydrogens (tertiary/aromatic N) is 2. The lowest BCUT2D eigenvalue weighted by Crippen LogP contribution is -1.91. The highest BCUT2D eigenvalue weighted by Crippen LogP contribution is 2.22. The third-order valence-corrected chi connectivity index (χ3v) is 4.02. The van der Waals surface area contributed by atoms with Crippen LogP contribution < -0.4 is 5.73 Å². The third-order valence-electron chi connectivity index (χ3n) is 2.20. The molecule has 0 aliphatic rings. The third kappa shape index (κ3) is 4.12. The van der Waals surface area contributed by atoms with Crippen molar-refractivity contribution >= 4 is 44.8 Å². The molecule has 0 aliphatic carbocycles. The zero-order valence-corrected chi connectivity index (χ0v) is 13.0. The summed E-state index contributed by atoms with van der Waals surface area (Å²) in [5.41, 5.74) is 8.13. The summed E-state index contributed by atoms with van der Waals surface area (Å²) in [6, 6.07) is 3.72. The van der Waals surface area contributed by atoms with Crippen LogP contribution in [-0.4, -0.2) is 9.97 Å². The fourth-order valence-electron chi connectivity index (χ4n) is 1.04. The predicted molar refractivity (Wildman–Crippen MR) is 80.1 cm³/mol. The van der Waals surface area contributed by atoms with E-state index in [-0.39, 0.29) is 0 Å². The molecule has 3 nitrogen and oxygen atoms in total. The molecule has 0 bridgehead atoms. The van der Waals surface area contributed by atoms with E-state index in [1.807, 2.05) is 26.0 Å². The van der Waals surface area contributed by atoms with Gasteiger partial charge in [0, 0.05) is 12.4 Å². The summed E-state index contributed by atoms with van der Waals surface area (Å²) in [4.78, 5) is 7.64. The van der Waals surface area contributed by atoms with E-state index in [9.17, 15) is 0 Å². The molecule has 2 aromatic heterocycles. The van der Waals surface area contributed by atoms with Crippen molar-refractivity contribution in [1.29, 1.82) is 0 Å². The van der Waals surface area contributed by atoms with Crippen molar-refractivity contribution in [1.82, 2.24) is 9.97 Å². The molecule has 6 heteroatoms. The van der Waals surface area contributed by atoms with E-state index in [0.29, 0.717) is 16.0 Å². The second-order valence-corrected chi connectivity index (χ2v) is 5.07. The van der Waals surface area contributed by atoms with Gasteiger partial charge in [-0.15, -0.1) is 0 Å². The zero-order chi connectivity index (χ0) is 13.7. The van der Waals surface area contributed by atoms with Crippen molar-refractivity contribution in [3.63, 3.8) is 0 Å². The molecule has 2 heterocycles. The van der Waals surface area contributed by atoms with Crippen LogP contribution in [0.25, 0.3) is 0 Å². The number of halogens is 3. The first-order valence-corrected chi connectivity index (χ1v) is 6.61. The number of hydrogen-bond acceptors (Lipinski definition) is 3. The predicted octanol–water partition coefficient (Wildman–Crippen LogP) is 4.43. The summed E-state index contributed by atoms with van der Waals surface area (Å²) in [5.74, 6) is 0. The maximum Gasteiger partial charge on any atom is 0.152 e. The molecule has 0 saturated heterocycles. The topological polar surface area (TPSA) is 51.8 Å². The highest BCUT2D eigenvalue weighted by Gasteiger charge is 1.98. The number of nitrogens with two attached hydrogens (primary N) is 1. The second kappa shape index (κ2) is 6.92. The number of anilines is 1. The minimum absolute atomic E-state index is 0.384. The van der Waals surface area contributed by atoms with Gasteiger partial charge in [-0.2, -0.15) is 0 Å². The van der Waals surface area contributed by atoms with E-state index >= 15 is 0 Å². The Morgan fingerprint density at radius 3 is 1.89 bits per heavy atom. The minimum Gasteiger partial charge on any atom is -0.396 e. The maximum absolute atomic E-state index is 5.66. The summed E-state index contributed by atoms with van der Waals surface area (Å²) in [5, 5.41) is 0.907. The molecule has 2 N–H and O–H groups in total. The molecule has 18 heavy (non-hydrogen) atoms. The van der Waals surface area contributed by atoms with E-state index in [0.717, 1.165) is 15.6 Å². The maximum atomic E-state index is 5.66. The molecule has 0 aromatic carbocycles. The van der Waals surface area contributed by atoms with Gasteiger partial charge < -0.3 is 5.73 Å². The van der Waals surface area contributed by atoms with Crippen LogP contribution in [-0.2, 0) is 0 Å². The van der Waals surface area contributed by atoms with Crippen molar-refractivity contribution in [2.75, 3.05) is 5.73 Å². The number of aryl methyl sites for hydroxylation is 2. The van der Waals surface area contributed by atoms with Gasteiger partial charge in [0.1, 0.15) is 5.15 Å².